The van der Waals surface area contributed by atoms with Crippen molar-refractivity contribution in [2.24, 2.45) is 5.41 Å². The number of carboxylic acid groups (broad SMARTS) is 1. The fourth-order valence-electron chi connectivity index (χ4n) is 6.95. The molecule has 3 aromatic carbocycles. The van der Waals surface area contributed by atoms with E-state index in [-0.39, 0.29) is 56.8 Å². The Kier molecular flexibility index (Phi) is 10.9. The first kappa shape index (κ1) is 37.2. The number of aliphatic carboxylic acids is 1. The Labute approximate surface area is 306 Å². The zero-order valence-electron chi connectivity index (χ0n) is 29.1. The highest BCUT2D eigenvalue weighted by molar-refractivity contribution is 6.31. The molecule has 3 aromatic rings. The standard InChI is InChI=1S/C40H41ClF3N3O5/c1-39(2,38(50)51)21-19-33(48)47-24-28-9-5-20-40(45-28,36(47)37(49)46(29-15-16-29)23-26-8-3-4-10-30(26)41)27-13-11-25(12-14-27)7-6-22-52-35-32(43)18-17-31(42)34(35)44/h3-4,8,10-14,17-18,28-29,36,45H,6-7,15-16,19-24H2,1-2H3,(H,50,51)/t28-,36?,40+/m0/s1. The van der Waals surface area contributed by atoms with Crippen LogP contribution in [0.2, 0.25) is 5.02 Å². The lowest BCUT2D eigenvalue weighted by atomic mass is 9.73. The number of ether oxygens (including phenoxy) is 1. The molecule has 2 aliphatic heterocycles. The zero-order valence-corrected chi connectivity index (χ0v) is 29.8. The van der Waals surface area contributed by atoms with Crippen LogP contribution in [0.3, 0.4) is 0 Å². The number of nitrogens with one attached hydrogen (secondary N) is 1. The first-order chi connectivity index (χ1) is 24.8. The predicted molar refractivity (Wildman–Crippen MR) is 189 cm³/mol. The van der Waals surface area contributed by atoms with Gasteiger partial charge in [0, 0.05) is 37.0 Å². The van der Waals surface area contributed by atoms with E-state index in [1.54, 1.807) is 24.8 Å². The molecule has 8 nitrogen and oxygen atoms in total. The van der Waals surface area contributed by atoms with Gasteiger partial charge in [-0.2, -0.15) is 4.39 Å². The van der Waals surface area contributed by atoms with Gasteiger partial charge in [0.25, 0.3) is 0 Å². The van der Waals surface area contributed by atoms with Crippen molar-refractivity contribution in [1.29, 1.82) is 0 Å². The fraction of sp³-hybridized carbons (Fsp3) is 0.425. The van der Waals surface area contributed by atoms with Gasteiger partial charge in [0.15, 0.2) is 17.4 Å². The number of carbonyl (C=O) groups is 3. The van der Waals surface area contributed by atoms with Gasteiger partial charge < -0.3 is 19.6 Å². The van der Waals surface area contributed by atoms with Crippen molar-refractivity contribution < 1.29 is 37.4 Å². The molecular formula is C40H41ClF3N3O5. The predicted octanol–water partition coefficient (Wildman–Crippen LogP) is 6.62. The van der Waals surface area contributed by atoms with E-state index >= 15 is 4.79 Å². The van der Waals surface area contributed by atoms with Crippen LogP contribution < -0.4 is 10.1 Å². The van der Waals surface area contributed by atoms with Crippen LogP contribution in [0.25, 0.3) is 0 Å². The van der Waals surface area contributed by atoms with Crippen LogP contribution in [0.4, 0.5) is 13.2 Å². The summed E-state index contributed by atoms with van der Waals surface area (Å²) in [5, 5.41) is 13.9. The third-order valence-electron chi connectivity index (χ3n) is 10.2. The third kappa shape index (κ3) is 7.79. The number of carbonyl (C=O) groups excluding carboxylic acids is 2. The summed E-state index contributed by atoms with van der Waals surface area (Å²) in [6.07, 6.45) is 2.80. The minimum absolute atomic E-state index is 0.0185. The Morgan fingerprint density at radius 2 is 1.77 bits per heavy atom. The Bertz CT molecular complexity index is 1910. The van der Waals surface area contributed by atoms with Crippen molar-refractivity contribution in [2.75, 3.05) is 13.2 Å². The Morgan fingerprint density at radius 1 is 1.06 bits per heavy atom. The first-order valence-corrected chi connectivity index (χ1v) is 17.9. The number of amides is 2. The summed E-state index contributed by atoms with van der Waals surface area (Å²) in [6.45, 7) is 3.54. The Balaban J connectivity index is 1.28. The molecule has 3 atom stereocenters. The number of benzene rings is 3. The summed E-state index contributed by atoms with van der Waals surface area (Å²) in [6, 6.07) is 15.0. The number of hydrogen-bond acceptors (Lipinski definition) is 5. The van der Waals surface area contributed by atoms with Crippen molar-refractivity contribution in [3.63, 3.8) is 0 Å². The molecule has 1 saturated carbocycles. The average molecular weight is 736 g/mol. The van der Waals surface area contributed by atoms with Gasteiger partial charge in [0.05, 0.1) is 23.6 Å². The van der Waals surface area contributed by atoms with Crippen molar-refractivity contribution in [3.8, 4) is 17.6 Å². The summed E-state index contributed by atoms with van der Waals surface area (Å²) >= 11 is 6.55. The summed E-state index contributed by atoms with van der Waals surface area (Å²) in [7, 11) is 0. The van der Waals surface area contributed by atoms with Crippen LogP contribution in [0.15, 0.2) is 60.7 Å². The molecule has 12 heteroatoms. The van der Waals surface area contributed by atoms with Crippen LogP contribution >= 0.6 is 11.6 Å². The molecule has 0 aromatic heterocycles. The van der Waals surface area contributed by atoms with Crippen LogP contribution in [0, 0.1) is 34.7 Å². The normalized spacial score (nSPS) is 20.8. The van der Waals surface area contributed by atoms with E-state index < -0.39 is 52.2 Å². The highest BCUT2D eigenvalue weighted by Crippen LogP contribution is 2.41. The van der Waals surface area contributed by atoms with E-state index in [2.05, 4.69) is 17.2 Å². The molecule has 274 valence electrons. The molecule has 1 saturated heterocycles. The quantitative estimate of drug-likeness (QED) is 0.110. The number of hydrogen-bond donors (Lipinski definition) is 2. The lowest BCUT2D eigenvalue weighted by Gasteiger charge is -2.53. The molecule has 0 radical (unpaired) electrons. The van der Waals surface area contributed by atoms with Gasteiger partial charge in [-0.25, -0.2) is 8.78 Å². The largest absolute Gasteiger partial charge is 0.488 e. The van der Waals surface area contributed by atoms with E-state index in [1.807, 2.05) is 47.4 Å². The molecule has 2 bridgehead atoms. The first-order valence-electron chi connectivity index (χ1n) is 17.5. The zero-order chi connectivity index (χ0) is 37.2. The molecular weight excluding hydrogens is 695 g/mol. The second-order valence-electron chi connectivity index (χ2n) is 14.4. The molecule has 2 fully saturated rings. The van der Waals surface area contributed by atoms with E-state index in [9.17, 15) is 27.9 Å². The van der Waals surface area contributed by atoms with Gasteiger partial charge in [-0.05, 0) is 80.8 Å². The van der Waals surface area contributed by atoms with Gasteiger partial charge >= 0.3 is 5.97 Å². The van der Waals surface area contributed by atoms with Crippen molar-refractivity contribution in [1.82, 2.24) is 15.1 Å². The van der Waals surface area contributed by atoms with Gasteiger partial charge in [-0.1, -0.05) is 65.9 Å². The van der Waals surface area contributed by atoms with Crippen LogP contribution in [-0.4, -0.2) is 64.0 Å². The number of rotatable bonds is 14. The van der Waals surface area contributed by atoms with Gasteiger partial charge in [-0.15, -0.1) is 0 Å². The van der Waals surface area contributed by atoms with Gasteiger partial charge in [0.1, 0.15) is 6.04 Å². The topological polar surface area (TPSA) is 99.2 Å². The summed E-state index contributed by atoms with van der Waals surface area (Å²) < 4.78 is 46.8. The second kappa shape index (κ2) is 15.2. The number of piperazine rings is 1. The lowest BCUT2D eigenvalue weighted by molar-refractivity contribution is -0.156. The molecule has 1 aliphatic carbocycles. The summed E-state index contributed by atoms with van der Waals surface area (Å²) in [4.78, 5) is 44.5. The Morgan fingerprint density at radius 3 is 2.46 bits per heavy atom. The maximum Gasteiger partial charge on any atom is 0.309 e. The number of fused-ring (bicyclic) bond motifs is 2. The minimum Gasteiger partial charge on any atom is -0.488 e. The maximum absolute atomic E-state index is 15.0. The highest BCUT2D eigenvalue weighted by atomic mass is 35.5. The second-order valence-corrected chi connectivity index (χ2v) is 14.8. The Hall–Kier alpha value is -4.53. The van der Waals surface area contributed by atoms with Gasteiger partial charge in [-0.3, -0.25) is 19.7 Å². The summed E-state index contributed by atoms with van der Waals surface area (Å²) in [5.74, 6) is 0.576. The molecule has 6 rings (SSSR count). The minimum atomic E-state index is -1.37. The molecule has 2 amide bonds. The third-order valence-corrected chi connectivity index (χ3v) is 10.6. The number of halogens is 4. The van der Waals surface area contributed by atoms with E-state index in [0.717, 1.165) is 35.6 Å². The molecule has 0 spiro atoms. The van der Waals surface area contributed by atoms with Crippen LogP contribution in [0.1, 0.15) is 69.1 Å². The SMILES string of the molecule is CC(C)(CCC(=O)N1C[C@@H]2C#CC[C@](c3ccc(CCCOc4c(F)ccc(F)c4F)cc3)(N2)C1C(=O)N(Cc1ccccc1Cl)C1CC1)C(=O)O. The van der Waals surface area contributed by atoms with Crippen LogP contribution in [-0.2, 0) is 32.9 Å². The highest BCUT2D eigenvalue weighted by Gasteiger charge is 2.56. The van der Waals surface area contributed by atoms with E-state index in [4.69, 9.17) is 16.3 Å². The number of carboxylic acids is 1. The maximum atomic E-state index is 15.0. The lowest BCUT2D eigenvalue weighted by Crippen LogP contribution is -2.73. The average Bonchev–Trinajstić information content (AvgIpc) is 3.97. The molecule has 3 aliphatic rings. The smallest absolute Gasteiger partial charge is 0.309 e. The molecule has 1 unspecified atom stereocenters. The van der Waals surface area contributed by atoms with E-state index in [0.29, 0.717) is 23.9 Å². The van der Waals surface area contributed by atoms with Gasteiger partial charge in [0.2, 0.25) is 17.6 Å². The van der Waals surface area contributed by atoms with Crippen molar-refractivity contribution in [2.45, 2.75) is 89.0 Å². The summed E-state index contributed by atoms with van der Waals surface area (Å²) in [5.41, 5.74) is 0.223. The molecule has 52 heavy (non-hydrogen) atoms. The monoisotopic (exact) mass is 735 g/mol. The van der Waals surface area contributed by atoms with E-state index in [1.165, 1.54) is 0 Å². The number of aryl methyl sites for hydroxylation is 1. The fourth-order valence-corrected chi connectivity index (χ4v) is 7.15. The van der Waals surface area contributed by atoms with Crippen molar-refractivity contribution >= 4 is 29.4 Å². The van der Waals surface area contributed by atoms with Crippen molar-refractivity contribution in [3.05, 3.63) is 99.8 Å². The molecule has 2 N–H and O–H groups in total. The molecule has 2 heterocycles. The van der Waals surface area contributed by atoms with Crippen LogP contribution in [0.5, 0.6) is 5.75 Å². The number of nitrogens with zero attached hydrogens (tertiary/aromatic N) is 2.